The standard InChI is InChI=1S/C21H30O4/c1-12-13(2)20-8-5-14(12)9-16(20)21(18(24)25)7-4-6-19(3,11-22)15(21)10-17(20)23/h14-17,22-23H,1-2,4-11H2,3H3,(H,24,25)/t14-,15?,16?,17+,19-,20+,21-/m0/s1. The van der Waals surface area contributed by atoms with Crippen LogP contribution in [0.3, 0.4) is 0 Å². The molecule has 0 saturated heterocycles. The van der Waals surface area contributed by atoms with Crippen molar-refractivity contribution in [3.05, 3.63) is 24.3 Å². The van der Waals surface area contributed by atoms with Crippen LogP contribution in [0.2, 0.25) is 0 Å². The molecule has 5 aliphatic rings. The van der Waals surface area contributed by atoms with Crippen molar-refractivity contribution >= 4 is 5.97 Å². The number of allylic oxidation sites excluding steroid dienone is 1. The van der Waals surface area contributed by atoms with Crippen LogP contribution in [0.15, 0.2) is 24.3 Å². The predicted molar refractivity (Wildman–Crippen MR) is 94.8 cm³/mol. The number of aliphatic carboxylic acids is 1. The Kier molecular flexibility index (Phi) is 3.60. The van der Waals surface area contributed by atoms with Gasteiger partial charge in [0.2, 0.25) is 0 Å². The first kappa shape index (κ1) is 17.3. The van der Waals surface area contributed by atoms with Gasteiger partial charge in [0, 0.05) is 12.0 Å². The van der Waals surface area contributed by atoms with Crippen LogP contribution in [0.5, 0.6) is 0 Å². The third-order valence-corrected chi connectivity index (χ3v) is 8.73. The summed E-state index contributed by atoms with van der Waals surface area (Å²) < 4.78 is 0. The first-order valence-electron chi connectivity index (χ1n) is 9.65. The Hall–Kier alpha value is -1.13. The Bertz CT molecular complexity index is 654. The zero-order valence-corrected chi connectivity index (χ0v) is 15.1. The minimum absolute atomic E-state index is 0.0176. The Labute approximate surface area is 149 Å². The molecule has 5 saturated carbocycles. The molecule has 1 spiro atoms. The van der Waals surface area contributed by atoms with E-state index >= 15 is 0 Å². The van der Waals surface area contributed by atoms with E-state index < -0.39 is 28.3 Å². The molecular weight excluding hydrogens is 316 g/mol. The highest BCUT2D eigenvalue weighted by atomic mass is 16.4. The lowest BCUT2D eigenvalue weighted by atomic mass is 9.35. The maximum atomic E-state index is 12.7. The monoisotopic (exact) mass is 346 g/mol. The third kappa shape index (κ3) is 1.83. The van der Waals surface area contributed by atoms with Gasteiger partial charge in [-0.1, -0.05) is 26.5 Å². The van der Waals surface area contributed by atoms with Gasteiger partial charge < -0.3 is 15.3 Å². The minimum atomic E-state index is -0.864. The first-order chi connectivity index (χ1) is 11.7. The second-order valence-electron chi connectivity index (χ2n) is 9.38. The van der Waals surface area contributed by atoms with Crippen LogP contribution in [0.1, 0.15) is 51.9 Å². The van der Waals surface area contributed by atoms with E-state index in [1.807, 2.05) is 6.92 Å². The topological polar surface area (TPSA) is 77.8 Å². The molecule has 4 heteroatoms. The van der Waals surface area contributed by atoms with Crippen molar-refractivity contribution in [2.75, 3.05) is 6.61 Å². The second-order valence-corrected chi connectivity index (χ2v) is 9.38. The van der Waals surface area contributed by atoms with Crippen molar-refractivity contribution in [3.8, 4) is 0 Å². The molecule has 0 aromatic rings. The molecule has 0 aromatic carbocycles. The summed E-state index contributed by atoms with van der Waals surface area (Å²) in [5.74, 6) is -0.737. The number of carboxylic acid groups (broad SMARTS) is 1. The van der Waals surface area contributed by atoms with E-state index in [0.717, 1.165) is 43.3 Å². The number of carboxylic acids is 1. The van der Waals surface area contributed by atoms with Gasteiger partial charge in [-0.15, -0.1) is 0 Å². The maximum Gasteiger partial charge on any atom is 0.310 e. The van der Waals surface area contributed by atoms with Crippen molar-refractivity contribution < 1.29 is 20.1 Å². The minimum Gasteiger partial charge on any atom is -0.481 e. The molecule has 2 unspecified atom stereocenters. The zero-order chi connectivity index (χ0) is 18.2. The highest BCUT2D eigenvalue weighted by Gasteiger charge is 2.72. The van der Waals surface area contributed by atoms with Crippen LogP contribution in [0, 0.1) is 34.0 Å². The van der Waals surface area contributed by atoms with Crippen molar-refractivity contribution in [2.24, 2.45) is 34.0 Å². The quantitative estimate of drug-likeness (QED) is 0.718. The van der Waals surface area contributed by atoms with Crippen LogP contribution in [0.25, 0.3) is 0 Å². The smallest absolute Gasteiger partial charge is 0.310 e. The van der Waals surface area contributed by atoms with Gasteiger partial charge in [0.05, 0.1) is 11.5 Å². The Balaban J connectivity index is 1.91. The summed E-state index contributed by atoms with van der Waals surface area (Å²) in [5.41, 5.74) is 0.101. The summed E-state index contributed by atoms with van der Waals surface area (Å²) in [6.07, 6.45) is 4.73. The number of hydrogen-bond acceptors (Lipinski definition) is 3. The summed E-state index contributed by atoms with van der Waals surface area (Å²) in [6.45, 7) is 10.5. The number of hydrogen-bond donors (Lipinski definition) is 3. The molecule has 3 N–H and O–H groups in total. The second kappa shape index (κ2) is 5.20. The van der Waals surface area contributed by atoms with E-state index in [0.29, 0.717) is 18.8 Å². The number of aliphatic hydroxyl groups excluding tert-OH is 2. The number of rotatable bonds is 2. The van der Waals surface area contributed by atoms with Crippen molar-refractivity contribution in [1.82, 2.24) is 0 Å². The van der Waals surface area contributed by atoms with E-state index in [4.69, 9.17) is 0 Å². The van der Waals surface area contributed by atoms with Crippen molar-refractivity contribution in [1.29, 1.82) is 0 Å². The molecule has 5 fully saturated rings. The molecule has 4 nitrogen and oxygen atoms in total. The van der Waals surface area contributed by atoms with Gasteiger partial charge in [-0.25, -0.2) is 0 Å². The average Bonchev–Trinajstić information content (AvgIpc) is 2.60. The average molecular weight is 346 g/mol. The largest absolute Gasteiger partial charge is 0.481 e. The lowest BCUT2D eigenvalue weighted by Gasteiger charge is -2.69. The van der Waals surface area contributed by atoms with E-state index in [-0.39, 0.29) is 18.4 Å². The summed E-state index contributed by atoms with van der Waals surface area (Å²) in [6, 6.07) is 0. The molecule has 0 radical (unpaired) electrons. The lowest BCUT2D eigenvalue weighted by molar-refractivity contribution is -0.225. The fraction of sp³-hybridized carbons (Fsp3) is 0.762. The van der Waals surface area contributed by atoms with Crippen molar-refractivity contribution in [3.63, 3.8) is 0 Å². The van der Waals surface area contributed by atoms with Gasteiger partial charge in [0.25, 0.3) is 0 Å². The van der Waals surface area contributed by atoms with E-state index in [1.165, 1.54) is 0 Å². The number of fused-ring (bicyclic) bond motifs is 3. The van der Waals surface area contributed by atoms with E-state index in [2.05, 4.69) is 13.2 Å². The first-order valence-corrected chi connectivity index (χ1v) is 9.65. The molecule has 0 aromatic heterocycles. The lowest BCUT2D eigenvalue weighted by Crippen LogP contribution is -2.68. The van der Waals surface area contributed by atoms with Gasteiger partial charge in [0.15, 0.2) is 0 Å². The van der Waals surface area contributed by atoms with Crippen LogP contribution in [-0.2, 0) is 4.79 Å². The fourth-order valence-corrected chi connectivity index (χ4v) is 7.39. The highest BCUT2D eigenvalue weighted by Crippen LogP contribution is 2.73. The Morgan fingerprint density at radius 1 is 1.20 bits per heavy atom. The summed E-state index contributed by atoms with van der Waals surface area (Å²) in [4.78, 5) is 12.7. The molecule has 25 heavy (non-hydrogen) atoms. The number of aliphatic hydroxyl groups is 2. The predicted octanol–water partition coefficient (Wildman–Crippen LogP) is 3.15. The number of carbonyl (C=O) groups is 1. The molecule has 2 bridgehead atoms. The van der Waals surface area contributed by atoms with Crippen molar-refractivity contribution in [2.45, 2.75) is 58.0 Å². The molecule has 0 amide bonds. The molecule has 0 heterocycles. The van der Waals surface area contributed by atoms with Gasteiger partial charge >= 0.3 is 5.97 Å². The van der Waals surface area contributed by atoms with Crippen LogP contribution in [-0.4, -0.2) is 34.0 Å². The summed E-state index contributed by atoms with van der Waals surface area (Å²) in [5, 5.41) is 31.8. The zero-order valence-electron chi connectivity index (χ0n) is 15.1. The van der Waals surface area contributed by atoms with E-state index in [9.17, 15) is 20.1 Å². The van der Waals surface area contributed by atoms with Gasteiger partial charge in [-0.2, -0.15) is 0 Å². The van der Waals surface area contributed by atoms with Gasteiger partial charge in [-0.3, -0.25) is 4.79 Å². The van der Waals surface area contributed by atoms with Crippen LogP contribution >= 0.6 is 0 Å². The Morgan fingerprint density at radius 2 is 1.92 bits per heavy atom. The molecule has 5 rings (SSSR count). The van der Waals surface area contributed by atoms with Gasteiger partial charge in [0.1, 0.15) is 0 Å². The summed E-state index contributed by atoms with van der Waals surface area (Å²) in [7, 11) is 0. The molecule has 0 aliphatic heterocycles. The summed E-state index contributed by atoms with van der Waals surface area (Å²) >= 11 is 0. The fourth-order valence-electron chi connectivity index (χ4n) is 7.39. The SMILES string of the molecule is C=C1C(=C)[C@]23CC[C@H]1CC2[C@]1(C(=O)O)CCC[C@@](C)(CO)C1C[C@H]3O. The van der Waals surface area contributed by atoms with Crippen LogP contribution in [0.4, 0.5) is 0 Å². The normalized spacial score (nSPS) is 51.8. The molecule has 5 aliphatic carbocycles. The molecule has 7 atom stereocenters. The maximum absolute atomic E-state index is 12.7. The van der Waals surface area contributed by atoms with Gasteiger partial charge in [-0.05, 0) is 72.8 Å². The molecular formula is C21H30O4. The highest BCUT2D eigenvalue weighted by molar-refractivity contribution is 5.77. The third-order valence-electron chi connectivity index (χ3n) is 8.73. The Morgan fingerprint density at radius 3 is 2.56 bits per heavy atom. The van der Waals surface area contributed by atoms with E-state index in [1.54, 1.807) is 0 Å². The molecule has 138 valence electrons. The van der Waals surface area contributed by atoms with Crippen LogP contribution < -0.4 is 0 Å².